The van der Waals surface area contributed by atoms with E-state index in [0.29, 0.717) is 5.71 Å². The van der Waals surface area contributed by atoms with E-state index in [0.717, 1.165) is 5.56 Å². The van der Waals surface area contributed by atoms with Crippen molar-refractivity contribution in [2.75, 3.05) is 0 Å². The van der Waals surface area contributed by atoms with Crippen molar-refractivity contribution in [2.24, 2.45) is 21.7 Å². The Kier molecular flexibility index (Phi) is 3.06. The van der Waals surface area contributed by atoms with Crippen LogP contribution in [-0.2, 0) is 0 Å². The Bertz CT molecular complexity index is 363. The highest BCUT2D eigenvalue weighted by Crippen LogP contribution is 2.10. The molecule has 0 atom stereocenters. The second kappa shape index (κ2) is 4.27. The quantitative estimate of drug-likeness (QED) is 0.359. The zero-order chi connectivity index (χ0) is 10.6. The average Bonchev–Trinajstić information content (AvgIpc) is 2.15. The molecule has 0 saturated heterocycles. The molecule has 5 N–H and O–H groups in total. The van der Waals surface area contributed by atoms with Crippen LogP contribution < -0.4 is 11.5 Å². The van der Waals surface area contributed by atoms with Gasteiger partial charge in [0.05, 0.1) is 5.71 Å². The van der Waals surface area contributed by atoms with Gasteiger partial charge in [-0.2, -0.15) is 5.10 Å². The second-order valence-electron chi connectivity index (χ2n) is 2.76. The number of rotatable bonds is 2. The first-order valence-electron chi connectivity index (χ1n) is 4.02. The lowest BCUT2D eigenvalue weighted by Gasteiger charge is -1.98. The van der Waals surface area contributed by atoms with Crippen LogP contribution in [0.4, 0.5) is 0 Å². The minimum atomic E-state index is -0.0804. The fourth-order valence-electron chi connectivity index (χ4n) is 0.893. The molecule has 14 heavy (non-hydrogen) atoms. The van der Waals surface area contributed by atoms with E-state index in [-0.39, 0.29) is 11.7 Å². The van der Waals surface area contributed by atoms with Crippen LogP contribution in [0.2, 0.25) is 0 Å². The Morgan fingerprint density at radius 3 is 2.21 bits per heavy atom. The number of aromatic hydroxyl groups is 1. The van der Waals surface area contributed by atoms with Crippen molar-refractivity contribution in [1.82, 2.24) is 0 Å². The van der Waals surface area contributed by atoms with Gasteiger partial charge in [-0.15, -0.1) is 5.10 Å². The fourth-order valence-corrected chi connectivity index (χ4v) is 0.893. The molecule has 0 bridgehead atoms. The van der Waals surface area contributed by atoms with Gasteiger partial charge in [-0.1, -0.05) is 0 Å². The van der Waals surface area contributed by atoms with Crippen LogP contribution in [0.25, 0.3) is 0 Å². The van der Waals surface area contributed by atoms with E-state index in [1.54, 1.807) is 31.2 Å². The topological polar surface area (TPSA) is 97.0 Å². The van der Waals surface area contributed by atoms with Crippen LogP contribution in [0.1, 0.15) is 12.5 Å². The summed E-state index contributed by atoms with van der Waals surface area (Å²) in [6.45, 7) is 1.78. The summed E-state index contributed by atoms with van der Waals surface area (Å²) in [5.41, 5.74) is 11.8. The van der Waals surface area contributed by atoms with Gasteiger partial charge in [0.2, 0.25) is 5.96 Å². The van der Waals surface area contributed by atoms with Gasteiger partial charge >= 0.3 is 0 Å². The predicted octanol–water partition coefficient (Wildman–Crippen LogP) is 0.390. The van der Waals surface area contributed by atoms with Crippen molar-refractivity contribution in [3.63, 3.8) is 0 Å². The van der Waals surface area contributed by atoms with Crippen molar-refractivity contribution in [1.29, 1.82) is 0 Å². The summed E-state index contributed by atoms with van der Waals surface area (Å²) >= 11 is 0. The van der Waals surface area contributed by atoms with Crippen molar-refractivity contribution < 1.29 is 5.11 Å². The fraction of sp³-hybridized carbons (Fsp3) is 0.111. The lowest BCUT2D eigenvalue weighted by Crippen LogP contribution is -2.22. The molecule has 0 spiro atoms. The number of benzene rings is 1. The maximum atomic E-state index is 9.05. The molecule has 0 amide bonds. The summed E-state index contributed by atoms with van der Waals surface area (Å²) in [6.07, 6.45) is 0. The van der Waals surface area contributed by atoms with Crippen molar-refractivity contribution in [3.8, 4) is 5.75 Å². The number of hydrogen-bond acceptors (Lipinski definition) is 3. The lowest BCUT2D eigenvalue weighted by atomic mass is 10.1. The maximum absolute atomic E-state index is 9.05. The SMILES string of the molecule is C/C(=N\N=C(N)N)c1ccc(O)cc1. The monoisotopic (exact) mass is 192 g/mol. The molecule has 0 aliphatic carbocycles. The van der Waals surface area contributed by atoms with Crippen LogP contribution in [0.3, 0.4) is 0 Å². The molecule has 5 heteroatoms. The van der Waals surface area contributed by atoms with E-state index in [4.69, 9.17) is 16.6 Å². The number of nitrogens with zero attached hydrogens (tertiary/aromatic N) is 2. The van der Waals surface area contributed by atoms with E-state index in [9.17, 15) is 0 Å². The average molecular weight is 192 g/mol. The van der Waals surface area contributed by atoms with Crippen LogP contribution in [-0.4, -0.2) is 16.8 Å². The van der Waals surface area contributed by atoms with Gasteiger partial charge in [0.25, 0.3) is 0 Å². The normalized spacial score (nSPS) is 11.1. The first-order valence-corrected chi connectivity index (χ1v) is 4.02. The number of nitrogens with two attached hydrogens (primary N) is 2. The van der Waals surface area contributed by atoms with Crippen LogP contribution in [0.5, 0.6) is 5.75 Å². The van der Waals surface area contributed by atoms with Crippen molar-refractivity contribution in [2.45, 2.75) is 6.92 Å². The summed E-state index contributed by atoms with van der Waals surface area (Å²) in [5.74, 6) is 0.131. The zero-order valence-electron chi connectivity index (χ0n) is 7.81. The summed E-state index contributed by atoms with van der Waals surface area (Å²) in [5, 5.41) is 16.4. The molecule has 0 unspecified atom stereocenters. The highest BCUT2D eigenvalue weighted by Gasteiger charge is 1.96. The minimum absolute atomic E-state index is 0.0804. The van der Waals surface area contributed by atoms with Crippen molar-refractivity contribution >= 4 is 11.7 Å². The summed E-state index contributed by atoms with van der Waals surface area (Å²) in [4.78, 5) is 0. The first kappa shape index (κ1) is 10.0. The van der Waals surface area contributed by atoms with Gasteiger partial charge < -0.3 is 16.6 Å². The maximum Gasteiger partial charge on any atom is 0.211 e. The molecule has 0 radical (unpaired) electrons. The number of phenols is 1. The molecule has 1 rings (SSSR count). The molecule has 74 valence electrons. The third-order valence-corrected chi connectivity index (χ3v) is 1.60. The predicted molar refractivity (Wildman–Crippen MR) is 56.1 cm³/mol. The van der Waals surface area contributed by atoms with Crippen LogP contribution >= 0.6 is 0 Å². The van der Waals surface area contributed by atoms with Crippen LogP contribution in [0.15, 0.2) is 34.5 Å². The Balaban J connectivity index is 2.89. The van der Waals surface area contributed by atoms with Gasteiger partial charge in [-0.25, -0.2) is 0 Å². The molecule has 0 fully saturated rings. The Labute approximate surface area is 81.8 Å². The van der Waals surface area contributed by atoms with E-state index in [1.165, 1.54) is 0 Å². The second-order valence-corrected chi connectivity index (χ2v) is 2.76. The number of guanidine groups is 1. The van der Waals surface area contributed by atoms with E-state index < -0.39 is 0 Å². The van der Waals surface area contributed by atoms with E-state index in [1.807, 2.05) is 0 Å². The first-order chi connectivity index (χ1) is 6.59. The standard InChI is InChI=1S/C9H12N4O/c1-6(12-13-9(10)11)7-2-4-8(14)5-3-7/h2-5,14H,1H3,(H4,10,11,13)/b12-6+. The highest BCUT2D eigenvalue weighted by atomic mass is 16.3. The lowest BCUT2D eigenvalue weighted by molar-refractivity contribution is 0.475. The molecule has 1 aromatic rings. The van der Waals surface area contributed by atoms with Gasteiger partial charge in [0.1, 0.15) is 5.75 Å². The van der Waals surface area contributed by atoms with E-state index in [2.05, 4.69) is 10.2 Å². The number of hydrogen-bond donors (Lipinski definition) is 3. The zero-order valence-corrected chi connectivity index (χ0v) is 7.81. The third kappa shape index (κ3) is 2.78. The summed E-state index contributed by atoms with van der Waals surface area (Å²) < 4.78 is 0. The molecule has 0 saturated carbocycles. The molecule has 1 aromatic carbocycles. The molecule has 5 nitrogen and oxygen atoms in total. The Morgan fingerprint density at radius 1 is 1.14 bits per heavy atom. The smallest absolute Gasteiger partial charge is 0.211 e. The summed E-state index contributed by atoms with van der Waals surface area (Å²) in [6, 6.07) is 6.61. The van der Waals surface area contributed by atoms with Gasteiger partial charge in [0.15, 0.2) is 0 Å². The molecule has 0 aliphatic heterocycles. The molecule has 0 heterocycles. The minimum Gasteiger partial charge on any atom is -0.508 e. The molecule has 0 aromatic heterocycles. The van der Waals surface area contributed by atoms with Gasteiger partial charge in [0, 0.05) is 0 Å². The Morgan fingerprint density at radius 2 is 1.71 bits per heavy atom. The van der Waals surface area contributed by atoms with Gasteiger partial charge in [-0.3, -0.25) is 0 Å². The molecular weight excluding hydrogens is 180 g/mol. The van der Waals surface area contributed by atoms with Gasteiger partial charge in [-0.05, 0) is 36.8 Å². The van der Waals surface area contributed by atoms with Crippen molar-refractivity contribution in [3.05, 3.63) is 29.8 Å². The largest absolute Gasteiger partial charge is 0.508 e. The summed E-state index contributed by atoms with van der Waals surface area (Å²) in [7, 11) is 0. The molecule has 0 aliphatic rings. The third-order valence-electron chi connectivity index (χ3n) is 1.60. The molecular formula is C9H12N4O. The highest BCUT2D eigenvalue weighted by molar-refractivity contribution is 5.99. The van der Waals surface area contributed by atoms with E-state index >= 15 is 0 Å². The Hall–Kier alpha value is -2.04. The van der Waals surface area contributed by atoms with Crippen LogP contribution in [0, 0.1) is 0 Å². The number of phenolic OH excluding ortho intramolecular Hbond substituents is 1.